The minimum atomic E-state index is -0.0238. The summed E-state index contributed by atoms with van der Waals surface area (Å²) < 4.78 is 0. The molecule has 1 nitrogen and oxygen atoms in total. The van der Waals surface area contributed by atoms with E-state index in [2.05, 4.69) is 209 Å². The van der Waals surface area contributed by atoms with Gasteiger partial charge in [0.25, 0.3) is 0 Å². The number of hydrogen-bond acceptors (Lipinski definition) is 1. The largest absolute Gasteiger partial charge is 0.310 e. The lowest BCUT2D eigenvalue weighted by molar-refractivity contribution is 0.304. The molecule has 1 aliphatic rings. The van der Waals surface area contributed by atoms with Gasteiger partial charge in [-0.2, -0.15) is 0 Å². The van der Waals surface area contributed by atoms with Gasteiger partial charge in [0.15, 0.2) is 0 Å². The molecular formula is C50H41N. The molecule has 0 atom stereocenters. The molecule has 0 N–H and O–H groups in total. The van der Waals surface area contributed by atoms with Crippen LogP contribution in [0.5, 0.6) is 0 Å². The molecule has 0 unspecified atom stereocenters. The molecule has 0 heterocycles. The summed E-state index contributed by atoms with van der Waals surface area (Å²) in [6.45, 7) is 9.66. The SMILES string of the molecule is CC1(C)c2cccc3cc(-c4cccc(N(c5ccccc5)c5cccc(-c6cccc(-c7ccccc7)c6)c5)c4)c4cccc(c4c23)C1(C)C. The van der Waals surface area contributed by atoms with Gasteiger partial charge in [-0.1, -0.05) is 155 Å². The van der Waals surface area contributed by atoms with Crippen molar-refractivity contribution in [2.75, 3.05) is 4.90 Å². The first-order valence-corrected chi connectivity index (χ1v) is 18.0. The molecule has 1 aliphatic carbocycles. The fourth-order valence-corrected chi connectivity index (χ4v) is 8.37. The van der Waals surface area contributed by atoms with E-state index in [1.807, 2.05) is 0 Å². The molecule has 0 aromatic heterocycles. The Bertz CT molecular complexity index is 2580. The van der Waals surface area contributed by atoms with Crippen LogP contribution in [-0.2, 0) is 10.8 Å². The van der Waals surface area contributed by atoms with Crippen LogP contribution in [0.1, 0.15) is 38.8 Å². The maximum Gasteiger partial charge on any atom is 0.0467 e. The lowest BCUT2D eigenvalue weighted by Crippen LogP contribution is -2.42. The molecule has 0 aliphatic heterocycles. The molecule has 0 bridgehead atoms. The highest BCUT2D eigenvalue weighted by molar-refractivity contribution is 6.18. The Morgan fingerprint density at radius 3 is 1.51 bits per heavy atom. The molecule has 0 saturated carbocycles. The zero-order valence-electron chi connectivity index (χ0n) is 29.7. The number of anilines is 3. The van der Waals surface area contributed by atoms with Crippen molar-refractivity contribution in [1.29, 1.82) is 0 Å². The predicted molar refractivity (Wildman–Crippen MR) is 218 cm³/mol. The summed E-state index contributed by atoms with van der Waals surface area (Å²) in [5.41, 5.74) is 13.5. The second-order valence-corrected chi connectivity index (χ2v) is 15.0. The monoisotopic (exact) mass is 655 g/mol. The smallest absolute Gasteiger partial charge is 0.0467 e. The van der Waals surface area contributed by atoms with E-state index in [0.29, 0.717) is 0 Å². The minimum absolute atomic E-state index is 0.00279. The molecule has 8 aromatic rings. The lowest BCUT2D eigenvalue weighted by Gasteiger charge is -2.47. The Morgan fingerprint density at radius 1 is 0.353 bits per heavy atom. The molecule has 246 valence electrons. The Balaban J connectivity index is 1.20. The molecular weight excluding hydrogens is 615 g/mol. The molecule has 9 rings (SSSR count). The van der Waals surface area contributed by atoms with Crippen molar-refractivity contribution in [2.24, 2.45) is 0 Å². The average molecular weight is 656 g/mol. The highest BCUT2D eigenvalue weighted by Gasteiger charge is 2.44. The first-order chi connectivity index (χ1) is 24.8. The van der Waals surface area contributed by atoms with E-state index >= 15 is 0 Å². The quantitative estimate of drug-likeness (QED) is 0.161. The van der Waals surface area contributed by atoms with Gasteiger partial charge in [-0.25, -0.2) is 0 Å². The Kier molecular flexibility index (Phi) is 7.22. The van der Waals surface area contributed by atoms with Crippen LogP contribution in [0.15, 0.2) is 176 Å². The van der Waals surface area contributed by atoms with Gasteiger partial charge in [0.2, 0.25) is 0 Å². The second-order valence-electron chi connectivity index (χ2n) is 15.0. The Labute approximate surface area is 301 Å². The van der Waals surface area contributed by atoms with Gasteiger partial charge >= 0.3 is 0 Å². The van der Waals surface area contributed by atoms with Crippen LogP contribution in [0.2, 0.25) is 0 Å². The van der Waals surface area contributed by atoms with E-state index in [4.69, 9.17) is 0 Å². The highest BCUT2D eigenvalue weighted by Crippen LogP contribution is 2.55. The number of para-hydroxylation sites is 1. The van der Waals surface area contributed by atoms with Crippen LogP contribution in [-0.4, -0.2) is 0 Å². The van der Waals surface area contributed by atoms with E-state index in [0.717, 1.165) is 17.1 Å². The summed E-state index contributed by atoms with van der Waals surface area (Å²) in [4.78, 5) is 2.38. The zero-order valence-corrected chi connectivity index (χ0v) is 29.7. The minimum Gasteiger partial charge on any atom is -0.310 e. The average Bonchev–Trinajstić information content (AvgIpc) is 3.17. The summed E-state index contributed by atoms with van der Waals surface area (Å²) in [6.07, 6.45) is 0. The maximum atomic E-state index is 2.42. The molecule has 0 amide bonds. The standard InChI is InChI=1S/C50H41N/c1-49(2)45-28-14-22-39-33-44(43-27-15-29-46(50(49,3)4)48(43)47(39)45)38-21-13-26-42(32-38)51(40-23-9-6-10-24-40)41-25-12-20-37(31-41)36-19-11-18-35(30-36)34-16-7-5-8-17-34/h5-33H,1-4H3. The van der Waals surface area contributed by atoms with E-state index in [1.54, 1.807) is 0 Å². The van der Waals surface area contributed by atoms with Crippen LogP contribution < -0.4 is 4.90 Å². The van der Waals surface area contributed by atoms with E-state index < -0.39 is 0 Å². The van der Waals surface area contributed by atoms with Crippen LogP contribution in [0.25, 0.3) is 54.9 Å². The van der Waals surface area contributed by atoms with Crippen molar-refractivity contribution in [3.8, 4) is 33.4 Å². The van der Waals surface area contributed by atoms with Crippen molar-refractivity contribution in [2.45, 2.75) is 38.5 Å². The molecule has 51 heavy (non-hydrogen) atoms. The van der Waals surface area contributed by atoms with Crippen molar-refractivity contribution in [3.05, 3.63) is 187 Å². The second kappa shape index (κ2) is 11.9. The van der Waals surface area contributed by atoms with Crippen LogP contribution in [0.3, 0.4) is 0 Å². The number of nitrogens with zero attached hydrogens (tertiary/aromatic N) is 1. The van der Waals surface area contributed by atoms with Gasteiger partial charge in [-0.3, -0.25) is 0 Å². The fraction of sp³-hybridized carbons (Fsp3) is 0.120. The summed E-state index contributed by atoms with van der Waals surface area (Å²) in [5.74, 6) is 0. The normalized spacial score (nSPS) is 14.2. The van der Waals surface area contributed by atoms with Crippen molar-refractivity contribution < 1.29 is 0 Å². The number of rotatable bonds is 6. The van der Waals surface area contributed by atoms with Crippen LogP contribution in [0.4, 0.5) is 17.1 Å². The first-order valence-electron chi connectivity index (χ1n) is 18.0. The van der Waals surface area contributed by atoms with Crippen LogP contribution in [0, 0.1) is 0 Å². The van der Waals surface area contributed by atoms with Crippen molar-refractivity contribution in [1.82, 2.24) is 0 Å². The predicted octanol–water partition coefficient (Wildman–Crippen LogP) is 14.0. The highest BCUT2D eigenvalue weighted by atomic mass is 15.1. The van der Waals surface area contributed by atoms with Gasteiger partial charge in [-0.15, -0.1) is 0 Å². The summed E-state index contributed by atoms with van der Waals surface area (Å²) in [7, 11) is 0. The molecule has 0 radical (unpaired) electrons. The lowest BCUT2D eigenvalue weighted by atomic mass is 9.56. The number of hydrogen-bond donors (Lipinski definition) is 0. The molecule has 1 heteroatoms. The summed E-state index contributed by atoms with van der Waals surface area (Å²) >= 11 is 0. The molecule has 8 aromatic carbocycles. The first kappa shape index (κ1) is 31.1. The van der Waals surface area contributed by atoms with Gasteiger partial charge in [-0.05, 0) is 125 Å². The van der Waals surface area contributed by atoms with Crippen LogP contribution >= 0.6 is 0 Å². The Hall–Kier alpha value is -5.92. The Morgan fingerprint density at radius 2 is 0.824 bits per heavy atom. The fourth-order valence-electron chi connectivity index (χ4n) is 8.37. The van der Waals surface area contributed by atoms with Gasteiger partial charge in [0.05, 0.1) is 0 Å². The van der Waals surface area contributed by atoms with Gasteiger partial charge in [0.1, 0.15) is 0 Å². The van der Waals surface area contributed by atoms with Crippen molar-refractivity contribution >= 4 is 38.6 Å². The molecule has 0 saturated heterocycles. The summed E-state index contributed by atoms with van der Waals surface area (Å²) in [6, 6.07) is 64.5. The van der Waals surface area contributed by atoms with Crippen molar-refractivity contribution in [3.63, 3.8) is 0 Å². The third-order valence-electron chi connectivity index (χ3n) is 11.7. The molecule has 0 fully saturated rings. The van der Waals surface area contributed by atoms with E-state index in [1.165, 1.54) is 66.1 Å². The maximum absolute atomic E-state index is 2.42. The third-order valence-corrected chi connectivity index (χ3v) is 11.7. The molecule has 0 spiro atoms. The van der Waals surface area contributed by atoms with E-state index in [-0.39, 0.29) is 10.8 Å². The van der Waals surface area contributed by atoms with Gasteiger partial charge in [0, 0.05) is 17.1 Å². The topological polar surface area (TPSA) is 3.24 Å². The summed E-state index contributed by atoms with van der Waals surface area (Å²) in [5, 5.41) is 5.44. The zero-order chi connectivity index (χ0) is 34.7. The third kappa shape index (κ3) is 4.99. The number of benzene rings is 8. The van der Waals surface area contributed by atoms with Gasteiger partial charge < -0.3 is 4.90 Å². The van der Waals surface area contributed by atoms with E-state index in [9.17, 15) is 0 Å².